The van der Waals surface area contributed by atoms with Gasteiger partial charge in [-0.15, -0.1) is 16.6 Å². The molecule has 2 amide bonds. The quantitative estimate of drug-likeness (QED) is 0.0351. The molecule has 0 spiro atoms. The summed E-state index contributed by atoms with van der Waals surface area (Å²) in [6.45, 7) is 14.7. The highest BCUT2D eigenvalue weighted by molar-refractivity contribution is 5.83. The first-order chi connectivity index (χ1) is 37.4. The third-order valence-corrected chi connectivity index (χ3v) is 14.1. The number of hydrogen-bond acceptors (Lipinski definition) is 18. The number of nitrogens with zero attached hydrogens (tertiary/aromatic N) is 13. The monoisotopic (exact) mass is 1090 g/mol. The third-order valence-electron chi connectivity index (χ3n) is 14.1. The van der Waals surface area contributed by atoms with Crippen molar-refractivity contribution < 1.29 is 41.3 Å². The van der Waals surface area contributed by atoms with Crippen molar-refractivity contribution in [3.8, 4) is 18.1 Å². The van der Waals surface area contributed by atoms with Crippen LogP contribution in [0.3, 0.4) is 0 Å². The molecule has 2 aliphatic rings. The Kier molecular flexibility index (Phi) is 21.5. The van der Waals surface area contributed by atoms with Crippen LogP contribution < -0.4 is 39.0 Å². The zero-order valence-electron chi connectivity index (χ0n) is 45.2. The van der Waals surface area contributed by atoms with Gasteiger partial charge in [-0.2, -0.15) is 15.0 Å². The normalized spacial score (nSPS) is 15.9. The van der Waals surface area contributed by atoms with Gasteiger partial charge in [0.05, 0.1) is 68.9 Å². The fourth-order valence-corrected chi connectivity index (χ4v) is 9.59. The molecule has 2 saturated heterocycles. The summed E-state index contributed by atoms with van der Waals surface area (Å²) < 4.78 is 20.0. The summed E-state index contributed by atoms with van der Waals surface area (Å²) in [6, 6.07) is 15.0. The number of amides is 2. The first-order valence-corrected chi connectivity index (χ1v) is 26.8. The summed E-state index contributed by atoms with van der Waals surface area (Å²) in [6.07, 6.45) is 11.2. The second kappa shape index (κ2) is 28.6. The number of aromatic nitrogens is 10. The summed E-state index contributed by atoms with van der Waals surface area (Å²) in [7, 11) is 0. The predicted octanol–water partition coefficient (Wildman–Crippen LogP) is 0.697. The summed E-state index contributed by atoms with van der Waals surface area (Å²) in [4.78, 5) is 55.4. The standard InChI is InChI=1S/C54H75N17O6.ClH/c1-6-25-75-27-29-77-30-28-76-26-16-57-52-59-53(61-54(60-52)69-23-19-67(20-24-69)51(74)49(38(5)7-2)71-36-47(63-65-71)43(55)31-37(3)4)68-21-17-66(18-22-68)50(73)48(34-41-33-40-10-8-9-11-45(40)58-41)70-35-46(62-64-70)44(56)32-39-12-14-42(72)15-13-39;/h1,8-15,33,35-38,43-44,48-49,58,72H,7,16-32,34,55-56H2,2-5H3,(H,57,59,60,61);1H/p-1/t38-,43-,44-,48-,49-;/m0./s1. The van der Waals surface area contributed by atoms with E-state index < -0.39 is 18.1 Å². The summed E-state index contributed by atoms with van der Waals surface area (Å²) in [5.41, 5.74) is 17.2. The predicted molar refractivity (Wildman–Crippen MR) is 292 cm³/mol. The molecule has 8 rings (SSSR count). The fraction of sp³-hybridized carbons (Fsp3) is 0.537. The van der Waals surface area contributed by atoms with E-state index in [1.54, 1.807) is 27.7 Å². The second-order valence-electron chi connectivity index (χ2n) is 20.2. The van der Waals surface area contributed by atoms with E-state index >= 15 is 0 Å². The van der Waals surface area contributed by atoms with E-state index in [1.807, 2.05) is 52.4 Å². The lowest BCUT2D eigenvalue weighted by Gasteiger charge is -2.38. The zero-order valence-corrected chi connectivity index (χ0v) is 45.9. The second-order valence-corrected chi connectivity index (χ2v) is 20.2. The Bertz CT molecular complexity index is 2820. The lowest BCUT2D eigenvalue weighted by Crippen LogP contribution is -3.00. The van der Waals surface area contributed by atoms with E-state index in [0.29, 0.717) is 140 Å². The molecule has 6 heterocycles. The van der Waals surface area contributed by atoms with E-state index in [2.05, 4.69) is 80.4 Å². The lowest BCUT2D eigenvalue weighted by atomic mass is 9.97. The Morgan fingerprint density at radius 2 is 1.35 bits per heavy atom. The molecular formula is C54H75ClN17O6-. The van der Waals surface area contributed by atoms with Gasteiger partial charge in [-0.05, 0) is 59.9 Å². The molecule has 0 aliphatic carbocycles. The maximum absolute atomic E-state index is 14.8. The van der Waals surface area contributed by atoms with E-state index in [0.717, 1.165) is 35.0 Å². The number of para-hydroxylation sites is 1. The number of benzene rings is 2. The van der Waals surface area contributed by atoms with Crippen LogP contribution in [-0.4, -0.2) is 175 Å². The number of hydrogen-bond donors (Lipinski definition) is 5. The molecule has 0 radical (unpaired) electrons. The summed E-state index contributed by atoms with van der Waals surface area (Å²) >= 11 is 0. The van der Waals surface area contributed by atoms with Gasteiger partial charge in [0, 0.05) is 76.5 Å². The van der Waals surface area contributed by atoms with Gasteiger partial charge in [0.1, 0.15) is 24.4 Å². The van der Waals surface area contributed by atoms with Crippen molar-refractivity contribution in [1.82, 2.24) is 59.7 Å². The van der Waals surface area contributed by atoms with Crippen LogP contribution >= 0.6 is 0 Å². The van der Waals surface area contributed by atoms with Crippen molar-refractivity contribution >= 4 is 40.6 Å². The molecule has 0 unspecified atom stereocenters. The molecule has 420 valence electrons. The van der Waals surface area contributed by atoms with Crippen molar-refractivity contribution in [2.45, 2.75) is 77.5 Å². The van der Waals surface area contributed by atoms with Crippen LogP contribution in [0.5, 0.6) is 5.75 Å². The Morgan fingerprint density at radius 1 is 0.756 bits per heavy atom. The van der Waals surface area contributed by atoms with Crippen LogP contribution in [-0.2, 0) is 36.6 Å². The number of phenols is 1. The van der Waals surface area contributed by atoms with Gasteiger partial charge in [-0.1, -0.05) is 80.8 Å². The van der Waals surface area contributed by atoms with E-state index in [-0.39, 0.29) is 48.5 Å². The minimum Gasteiger partial charge on any atom is -1.00 e. The molecule has 2 fully saturated rings. The van der Waals surface area contributed by atoms with Gasteiger partial charge < -0.3 is 73.1 Å². The molecule has 0 saturated carbocycles. The number of H-pyrrole nitrogens is 1. The molecule has 78 heavy (non-hydrogen) atoms. The van der Waals surface area contributed by atoms with E-state index in [4.69, 9.17) is 47.1 Å². The fourth-order valence-electron chi connectivity index (χ4n) is 9.59. The van der Waals surface area contributed by atoms with E-state index in [1.165, 1.54) is 0 Å². The number of anilines is 3. The highest BCUT2D eigenvalue weighted by Crippen LogP contribution is 2.28. The number of piperazine rings is 2. The lowest BCUT2D eigenvalue weighted by molar-refractivity contribution is -0.137. The maximum Gasteiger partial charge on any atom is 0.248 e. The number of terminal acetylenes is 1. The molecule has 2 aromatic carbocycles. The molecule has 2 aliphatic heterocycles. The van der Waals surface area contributed by atoms with Gasteiger partial charge in [-0.3, -0.25) is 9.59 Å². The Hall–Kier alpha value is -6.94. The Balaban J connectivity index is 0.00000882. The molecule has 23 nitrogen and oxygen atoms in total. The number of ether oxygens (including phenoxy) is 3. The number of phenolic OH excluding ortho intramolecular Hbond substituents is 1. The molecule has 7 N–H and O–H groups in total. The van der Waals surface area contributed by atoms with Crippen LogP contribution in [0.15, 0.2) is 67.0 Å². The third kappa shape index (κ3) is 15.6. The van der Waals surface area contributed by atoms with Crippen molar-refractivity contribution in [2.75, 3.05) is 114 Å². The number of rotatable bonds is 27. The number of carbonyl (C=O) groups excluding carboxylic acids is 2. The van der Waals surface area contributed by atoms with Gasteiger partial charge in [0.15, 0.2) is 0 Å². The van der Waals surface area contributed by atoms with Crippen LogP contribution in [0.2, 0.25) is 0 Å². The molecular weight excluding hydrogens is 1020 g/mol. The van der Waals surface area contributed by atoms with Crippen molar-refractivity contribution in [2.24, 2.45) is 23.3 Å². The number of carbonyl (C=O) groups is 2. The topological polar surface area (TPSA) is 275 Å². The smallest absolute Gasteiger partial charge is 0.248 e. The minimum atomic E-state index is -0.717. The highest BCUT2D eigenvalue weighted by atomic mass is 35.5. The average Bonchev–Trinajstić information content (AvgIpc) is 4.25. The number of halogens is 1. The molecule has 5 atom stereocenters. The van der Waals surface area contributed by atoms with Gasteiger partial charge in [-0.25, -0.2) is 9.36 Å². The Morgan fingerprint density at radius 3 is 1.97 bits per heavy atom. The molecule has 6 aromatic rings. The van der Waals surface area contributed by atoms with Crippen LogP contribution in [0, 0.1) is 24.2 Å². The Labute approximate surface area is 462 Å². The van der Waals surface area contributed by atoms with Crippen molar-refractivity contribution in [3.63, 3.8) is 0 Å². The van der Waals surface area contributed by atoms with Crippen molar-refractivity contribution in [1.29, 1.82) is 0 Å². The first kappa shape index (κ1) is 58.7. The number of nitrogens with one attached hydrogen (secondary N) is 2. The SMILES string of the molecule is C#CCOCCOCCOCCNc1nc(N2CCN(C(=O)[C@H]([C@@H](C)CC)n3cc([C@@H](N)CC(C)C)nn3)CC2)nc(N2CCN(C(=O)[C@H](Cc3cc4ccccc4[nH]3)n3cc([C@@H](N)Cc4ccc(O)cc4)nn3)CC2)n1.[Cl-]. The molecule has 4 aromatic heterocycles. The van der Waals surface area contributed by atoms with E-state index in [9.17, 15) is 14.7 Å². The van der Waals surface area contributed by atoms with Crippen LogP contribution in [0.4, 0.5) is 17.8 Å². The summed E-state index contributed by atoms with van der Waals surface area (Å²) in [5.74, 6) is 4.23. The van der Waals surface area contributed by atoms with Crippen molar-refractivity contribution in [3.05, 3.63) is 89.6 Å². The maximum atomic E-state index is 14.8. The average molecular weight is 1090 g/mol. The number of aromatic hydroxyl groups is 1. The number of fused-ring (bicyclic) bond motifs is 1. The number of nitrogens with two attached hydrogens (primary N) is 2. The minimum absolute atomic E-state index is 0. The van der Waals surface area contributed by atoms with Crippen LogP contribution in [0.25, 0.3) is 10.9 Å². The summed E-state index contributed by atoms with van der Waals surface area (Å²) in [5, 5.41) is 31.9. The molecule has 24 heteroatoms. The van der Waals surface area contributed by atoms with Crippen LogP contribution in [0.1, 0.15) is 87.3 Å². The van der Waals surface area contributed by atoms with Gasteiger partial charge in [0.2, 0.25) is 29.7 Å². The largest absolute Gasteiger partial charge is 1.00 e. The highest BCUT2D eigenvalue weighted by Gasteiger charge is 2.35. The number of aromatic amines is 1. The van der Waals surface area contributed by atoms with Gasteiger partial charge >= 0.3 is 0 Å². The van der Waals surface area contributed by atoms with Gasteiger partial charge in [0.25, 0.3) is 0 Å². The molecule has 0 bridgehead atoms. The zero-order chi connectivity index (χ0) is 54.3. The first-order valence-electron chi connectivity index (χ1n) is 26.8.